The van der Waals surface area contributed by atoms with Gasteiger partial charge in [0, 0.05) is 42.7 Å². The van der Waals surface area contributed by atoms with Crippen LogP contribution in [0.25, 0.3) is 5.69 Å². The summed E-state index contributed by atoms with van der Waals surface area (Å²) in [6, 6.07) is 7.80. The number of aromatic nitrogens is 2. The van der Waals surface area contributed by atoms with Crippen LogP contribution in [-0.4, -0.2) is 22.0 Å². The molecule has 1 amide bonds. The maximum absolute atomic E-state index is 11.9. The van der Waals surface area contributed by atoms with Gasteiger partial charge in [0.05, 0.1) is 6.33 Å². The molecule has 0 aliphatic carbocycles. The smallest absolute Gasteiger partial charge is 0.228 e. The Morgan fingerprint density at radius 1 is 1.26 bits per heavy atom. The van der Waals surface area contributed by atoms with Gasteiger partial charge in [-0.15, -0.1) is 12.3 Å². The normalized spacial score (nSPS) is 18.6. The molecule has 1 aromatic heterocycles. The van der Waals surface area contributed by atoms with Crippen molar-refractivity contribution in [3.63, 3.8) is 0 Å². The number of anilines is 1. The molecule has 4 nitrogen and oxygen atoms in total. The molecule has 0 bridgehead atoms. The summed E-state index contributed by atoms with van der Waals surface area (Å²) >= 11 is 0. The van der Waals surface area contributed by atoms with E-state index in [0.717, 1.165) is 11.4 Å². The standard InChI is InChI=1S/C15H13N3O/c1-2-12-9-15(19)18(10-12)14-5-3-13(4-6-14)17-8-7-16-11-17/h1,3-8,11-12H,9-10H2. The Morgan fingerprint density at radius 3 is 2.58 bits per heavy atom. The molecule has 1 fully saturated rings. The van der Waals surface area contributed by atoms with E-state index in [1.54, 1.807) is 17.4 Å². The Hall–Kier alpha value is -2.54. The Kier molecular flexibility index (Phi) is 2.81. The predicted octanol–water partition coefficient (Wildman–Crippen LogP) is 1.86. The van der Waals surface area contributed by atoms with Crippen LogP contribution in [0.3, 0.4) is 0 Å². The summed E-state index contributed by atoms with van der Waals surface area (Å²) in [4.78, 5) is 17.6. The van der Waals surface area contributed by atoms with E-state index < -0.39 is 0 Å². The second kappa shape index (κ2) is 4.62. The van der Waals surface area contributed by atoms with Gasteiger partial charge in [0.2, 0.25) is 5.91 Å². The first-order chi connectivity index (χ1) is 9.28. The van der Waals surface area contributed by atoms with Crippen molar-refractivity contribution in [1.29, 1.82) is 0 Å². The van der Waals surface area contributed by atoms with E-state index in [2.05, 4.69) is 10.9 Å². The molecule has 3 rings (SSSR count). The molecule has 0 spiro atoms. The molecular weight excluding hydrogens is 238 g/mol. The van der Waals surface area contributed by atoms with Crippen LogP contribution >= 0.6 is 0 Å². The zero-order chi connectivity index (χ0) is 13.2. The van der Waals surface area contributed by atoms with Crippen LogP contribution in [0.4, 0.5) is 5.69 Å². The number of carbonyl (C=O) groups is 1. The van der Waals surface area contributed by atoms with Gasteiger partial charge in [0.15, 0.2) is 0 Å². The summed E-state index contributed by atoms with van der Waals surface area (Å²) in [6.07, 6.45) is 11.2. The first-order valence-electron chi connectivity index (χ1n) is 6.13. The number of rotatable bonds is 2. The highest BCUT2D eigenvalue weighted by Gasteiger charge is 2.29. The van der Waals surface area contributed by atoms with Crippen LogP contribution in [0.2, 0.25) is 0 Å². The van der Waals surface area contributed by atoms with Crippen LogP contribution in [0.5, 0.6) is 0 Å². The molecule has 1 aliphatic rings. The molecule has 1 atom stereocenters. The summed E-state index contributed by atoms with van der Waals surface area (Å²) in [7, 11) is 0. The van der Waals surface area contributed by atoms with Crippen LogP contribution < -0.4 is 4.90 Å². The Morgan fingerprint density at radius 2 is 2.00 bits per heavy atom. The molecule has 0 radical (unpaired) electrons. The number of amides is 1. The fraction of sp³-hybridized carbons (Fsp3) is 0.200. The maximum Gasteiger partial charge on any atom is 0.228 e. The molecule has 1 aromatic carbocycles. The minimum absolute atomic E-state index is 0.0285. The highest BCUT2D eigenvalue weighted by molar-refractivity contribution is 5.96. The van der Waals surface area contributed by atoms with E-state index in [-0.39, 0.29) is 11.8 Å². The number of benzene rings is 1. The van der Waals surface area contributed by atoms with Gasteiger partial charge in [-0.2, -0.15) is 0 Å². The molecule has 1 saturated heterocycles. The summed E-state index contributed by atoms with van der Waals surface area (Å²) in [5, 5.41) is 0. The number of hydrogen-bond donors (Lipinski definition) is 0. The van der Waals surface area contributed by atoms with Crippen LogP contribution in [0.1, 0.15) is 6.42 Å². The quantitative estimate of drug-likeness (QED) is 0.764. The fourth-order valence-electron chi connectivity index (χ4n) is 2.29. The number of terminal acetylenes is 1. The predicted molar refractivity (Wildman–Crippen MR) is 72.9 cm³/mol. The molecule has 2 heterocycles. The van der Waals surface area contributed by atoms with Crippen molar-refractivity contribution in [2.45, 2.75) is 6.42 Å². The number of hydrogen-bond acceptors (Lipinski definition) is 2. The van der Waals surface area contributed by atoms with E-state index in [1.807, 2.05) is 35.0 Å². The van der Waals surface area contributed by atoms with Crippen molar-refractivity contribution in [1.82, 2.24) is 9.55 Å². The topological polar surface area (TPSA) is 38.1 Å². The third-order valence-corrected chi connectivity index (χ3v) is 3.32. The van der Waals surface area contributed by atoms with Gasteiger partial charge in [-0.25, -0.2) is 4.98 Å². The lowest BCUT2D eigenvalue weighted by molar-refractivity contribution is -0.117. The first-order valence-corrected chi connectivity index (χ1v) is 6.13. The third kappa shape index (κ3) is 2.11. The van der Waals surface area contributed by atoms with Gasteiger partial charge < -0.3 is 9.47 Å². The SMILES string of the molecule is C#CC1CC(=O)N(c2ccc(-n3ccnc3)cc2)C1. The Bertz CT molecular complexity index is 622. The van der Waals surface area contributed by atoms with Crippen molar-refractivity contribution < 1.29 is 4.79 Å². The number of imidazole rings is 1. The second-order valence-corrected chi connectivity index (χ2v) is 4.56. The van der Waals surface area contributed by atoms with Crippen molar-refractivity contribution in [3.05, 3.63) is 43.0 Å². The average molecular weight is 251 g/mol. The monoisotopic (exact) mass is 251 g/mol. The van der Waals surface area contributed by atoms with Gasteiger partial charge in [0.25, 0.3) is 0 Å². The van der Waals surface area contributed by atoms with Gasteiger partial charge in [-0.05, 0) is 24.3 Å². The van der Waals surface area contributed by atoms with Crippen LogP contribution in [-0.2, 0) is 4.79 Å². The summed E-state index contributed by atoms with van der Waals surface area (Å²) in [6.45, 7) is 0.611. The van der Waals surface area contributed by atoms with E-state index >= 15 is 0 Å². The first kappa shape index (κ1) is 11.5. The molecular formula is C15H13N3O. The lowest BCUT2D eigenvalue weighted by Crippen LogP contribution is -2.24. The van der Waals surface area contributed by atoms with Gasteiger partial charge in [-0.1, -0.05) is 0 Å². The van der Waals surface area contributed by atoms with Gasteiger partial charge >= 0.3 is 0 Å². The number of carbonyl (C=O) groups excluding carboxylic acids is 1. The third-order valence-electron chi connectivity index (χ3n) is 3.32. The molecule has 19 heavy (non-hydrogen) atoms. The minimum atomic E-state index is 0.0285. The van der Waals surface area contributed by atoms with Crippen molar-refractivity contribution in [2.75, 3.05) is 11.4 Å². The lowest BCUT2D eigenvalue weighted by Gasteiger charge is -2.16. The molecule has 4 heteroatoms. The molecule has 0 N–H and O–H groups in total. The molecule has 94 valence electrons. The second-order valence-electron chi connectivity index (χ2n) is 4.56. The molecule has 2 aromatic rings. The highest BCUT2D eigenvalue weighted by atomic mass is 16.2. The van der Waals surface area contributed by atoms with E-state index in [0.29, 0.717) is 13.0 Å². The van der Waals surface area contributed by atoms with E-state index in [4.69, 9.17) is 6.42 Å². The molecule has 1 aliphatic heterocycles. The minimum Gasteiger partial charge on any atom is -0.311 e. The zero-order valence-corrected chi connectivity index (χ0v) is 10.4. The Balaban J connectivity index is 1.84. The summed E-state index contributed by atoms with van der Waals surface area (Å²) < 4.78 is 1.92. The largest absolute Gasteiger partial charge is 0.311 e. The summed E-state index contributed by atoms with van der Waals surface area (Å²) in [5.74, 6) is 2.78. The summed E-state index contributed by atoms with van der Waals surface area (Å²) in [5.41, 5.74) is 1.91. The molecule has 0 saturated carbocycles. The van der Waals surface area contributed by atoms with Crippen LogP contribution in [0.15, 0.2) is 43.0 Å². The van der Waals surface area contributed by atoms with Gasteiger partial charge in [-0.3, -0.25) is 4.79 Å². The molecule has 1 unspecified atom stereocenters. The van der Waals surface area contributed by atoms with Crippen molar-refractivity contribution in [3.8, 4) is 18.0 Å². The van der Waals surface area contributed by atoms with E-state index in [9.17, 15) is 4.79 Å². The van der Waals surface area contributed by atoms with Crippen molar-refractivity contribution in [2.24, 2.45) is 5.92 Å². The average Bonchev–Trinajstić information content (AvgIpc) is 3.08. The Labute approximate surface area is 111 Å². The van der Waals surface area contributed by atoms with Crippen molar-refractivity contribution >= 4 is 11.6 Å². The number of nitrogens with zero attached hydrogens (tertiary/aromatic N) is 3. The van der Waals surface area contributed by atoms with Crippen LogP contribution in [0, 0.1) is 18.3 Å². The van der Waals surface area contributed by atoms with Gasteiger partial charge in [0.1, 0.15) is 0 Å². The van der Waals surface area contributed by atoms with E-state index in [1.165, 1.54) is 0 Å². The lowest BCUT2D eigenvalue weighted by atomic mass is 10.1. The zero-order valence-electron chi connectivity index (χ0n) is 10.4. The maximum atomic E-state index is 11.9. The highest BCUT2D eigenvalue weighted by Crippen LogP contribution is 2.25. The fourth-order valence-corrected chi connectivity index (χ4v) is 2.29.